The summed E-state index contributed by atoms with van der Waals surface area (Å²) in [5, 5.41) is 0. The summed E-state index contributed by atoms with van der Waals surface area (Å²) in [5.41, 5.74) is 1.11. The van der Waals surface area contributed by atoms with Gasteiger partial charge in [-0.25, -0.2) is 9.18 Å². The molecule has 1 heterocycles. The Morgan fingerprint density at radius 3 is 2.57 bits per heavy atom. The van der Waals surface area contributed by atoms with Crippen molar-refractivity contribution in [1.82, 2.24) is 0 Å². The van der Waals surface area contributed by atoms with Crippen molar-refractivity contribution >= 4 is 5.97 Å². The molecule has 0 amide bonds. The largest absolute Gasteiger partial charge is 0.487 e. The molecule has 1 saturated carbocycles. The minimum atomic E-state index is -0.440. The van der Waals surface area contributed by atoms with Crippen molar-refractivity contribution in [3.05, 3.63) is 29.1 Å². The van der Waals surface area contributed by atoms with Crippen LogP contribution in [-0.4, -0.2) is 18.2 Å². The molecule has 0 spiro atoms. The molecular formula is C24H35FO3. The van der Waals surface area contributed by atoms with Crippen molar-refractivity contribution in [1.29, 1.82) is 0 Å². The van der Waals surface area contributed by atoms with Crippen LogP contribution in [0.3, 0.4) is 0 Å². The molecule has 1 aliphatic carbocycles. The summed E-state index contributed by atoms with van der Waals surface area (Å²) in [5.74, 6) is 0.265. The first-order valence-corrected chi connectivity index (χ1v) is 11.3. The predicted molar refractivity (Wildman–Crippen MR) is 109 cm³/mol. The van der Waals surface area contributed by atoms with E-state index in [1.165, 1.54) is 31.7 Å². The Morgan fingerprint density at radius 2 is 1.86 bits per heavy atom. The second kappa shape index (κ2) is 10.3. The number of hydrogen-bond acceptors (Lipinski definition) is 3. The molecule has 0 aromatic heterocycles. The van der Waals surface area contributed by atoms with Crippen molar-refractivity contribution in [2.24, 2.45) is 5.92 Å². The minimum absolute atomic E-state index is 0.0285. The van der Waals surface area contributed by atoms with Crippen molar-refractivity contribution in [3.8, 4) is 5.75 Å². The van der Waals surface area contributed by atoms with Crippen LogP contribution < -0.4 is 4.74 Å². The van der Waals surface area contributed by atoms with Gasteiger partial charge in [-0.2, -0.15) is 0 Å². The molecule has 0 radical (unpaired) electrons. The van der Waals surface area contributed by atoms with E-state index in [1.807, 2.05) is 0 Å². The average Bonchev–Trinajstić information content (AvgIpc) is 2.70. The molecule has 0 bridgehead atoms. The second-order valence-corrected chi connectivity index (χ2v) is 8.56. The second-order valence-electron chi connectivity index (χ2n) is 8.56. The van der Waals surface area contributed by atoms with E-state index in [0.717, 1.165) is 62.8 Å². The highest BCUT2D eigenvalue weighted by Crippen LogP contribution is 2.34. The molecule has 0 saturated heterocycles. The molecule has 1 atom stereocenters. The zero-order chi connectivity index (χ0) is 19.9. The van der Waals surface area contributed by atoms with Crippen LogP contribution in [0.5, 0.6) is 5.75 Å². The topological polar surface area (TPSA) is 35.5 Å². The lowest BCUT2D eigenvalue weighted by Crippen LogP contribution is -2.26. The third-order valence-electron chi connectivity index (χ3n) is 6.27. The lowest BCUT2D eigenvalue weighted by atomic mass is 9.84. The first-order chi connectivity index (χ1) is 13.6. The molecular weight excluding hydrogens is 355 g/mol. The number of esters is 1. The lowest BCUT2D eigenvalue weighted by Gasteiger charge is -2.29. The molecule has 2 aliphatic rings. The van der Waals surface area contributed by atoms with E-state index in [-0.39, 0.29) is 12.2 Å². The van der Waals surface area contributed by atoms with E-state index >= 15 is 0 Å². The van der Waals surface area contributed by atoms with Crippen LogP contribution in [0.15, 0.2) is 12.1 Å². The third-order valence-corrected chi connectivity index (χ3v) is 6.27. The summed E-state index contributed by atoms with van der Waals surface area (Å²) in [4.78, 5) is 12.6. The van der Waals surface area contributed by atoms with Gasteiger partial charge >= 0.3 is 5.97 Å². The van der Waals surface area contributed by atoms with Crippen LogP contribution in [0.4, 0.5) is 4.39 Å². The number of carbonyl (C=O) groups is 1. The standard InChI is InChI=1S/C24H35FO3/c1-3-5-6-8-17-9-12-21(13-10-17)28-24(26)19-15-18-11-14-20(7-4-2)27-23(18)22(25)16-19/h15-17,20-21H,3-14H2,1-2H3. The van der Waals surface area contributed by atoms with Gasteiger partial charge in [-0.05, 0) is 68.6 Å². The molecule has 3 rings (SSSR count). The van der Waals surface area contributed by atoms with Gasteiger partial charge in [0.2, 0.25) is 0 Å². The zero-order valence-corrected chi connectivity index (χ0v) is 17.5. The smallest absolute Gasteiger partial charge is 0.338 e. The molecule has 3 nitrogen and oxygen atoms in total. The normalized spacial score (nSPS) is 24.3. The number of carbonyl (C=O) groups excluding carboxylic acids is 1. The Kier molecular flexibility index (Phi) is 7.75. The number of aryl methyl sites for hydroxylation is 1. The average molecular weight is 391 g/mol. The summed E-state index contributed by atoms with van der Waals surface area (Å²) in [6, 6.07) is 3.05. The molecule has 1 aromatic carbocycles. The van der Waals surface area contributed by atoms with Gasteiger partial charge in [-0.15, -0.1) is 0 Å². The van der Waals surface area contributed by atoms with Gasteiger partial charge < -0.3 is 9.47 Å². The number of hydrogen-bond donors (Lipinski definition) is 0. The molecule has 156 valence electrons. The highest BCUT2D eigenvalue weighted by Gasteiger charge is 2.27. The van der Waals surface area contributed by atoms with Crippen molar-refractivity contribution < 1.29 is 18.7 Å². The predicted octanol–water partition coefficient (Wildman–Crippen LogP) is 6.62. The van der Waals surface area contributed by atoms with Crippen LogP contribution in [0.25, 0.3) is 0 Å². The van der Waals surface area contributed by atoms with Crippen LogP contribution in [0.1, 0.15) is 100 Å². The maximum absolute atomic E-state index is 14.6. The Labute approximate surface area is 169 Å². The van der Waals surface area contributed by atoms with Crippen molar-refractivity contribution in [2.75, 3.05) is 0 Å². The van der Waals surface area contributed by atoms with Gasteiger partial charge in [0.05, 0.1) is 11.7 Å². The van der Waals surface area contributed by atoms with Crippen LogP contribution in [-0.2, 0) is 11.2 Å². The Hall–Kier alpha value is -1.58. The molecule has 28 heavy (non-hydrogen) atoms. The first kappa shape index (κ1) is 21.1. The third kappa shape index (κ3) is 5.48. The van der Waals surface area contributed by atoms with Gasteiger partial charge in [0.25, 0.3) is 0 Å². The van der Waals surface area contributed by atoms with Crippen LogP contribution in [0, 0.1) is 11.7 Å². The summed E-state index contributed by atoms with van der Waals surface area (Å²) in [6.07, 6.45) is 12.9. The van der Waals surface area contributed by atoms with Crippen molar-refractivity contribution in [3.63, 3.8) is 0 Å². The van der Waals surface area contributed by atoms with E-state index in [0.29, 0.717) is 11.3 Å². The van der Waals surface area contributed by atoms with Crippen molar-refractivity contribution in [2.45, 2.75) is 103 Å². The van der Waals surface area contributed by atoms with E-state index < -0.39 is 11.8 Å². The van der Waals surface area contributed by atoms with E-state index in [4.69, 9.17) is 9.47 Å². The summed E-state index contributed by atoms with van der Waals surface area (Å²) >= 11 is 0. The molecule has 4 heteroatoms. The number of fused-ring (bicyclic) bond motifs is 1. The van der Waals surface area contributed by atoms with Gasteiger partial charge in [0.15, 0.2) is 11.6 Å². The van der Waals surface area contributed by atoms with Gasteiger partial charge in [-0.3, -0.25) is 0 Å². The number of unbranched alkanes of at least 4 members (excludes halogenated alkanes) is 2. The fourth-order valence-corrected chi connectivity index (χ4v) is 4.59. The Bertz CT molecular complexity index is 649. The maximum atomic E-state index is 14.6. The Morgan fingerprint density at radius 1 is 1.07 bits per heavy atom. The monoisotopic (exact) mass is 390 g/mol. The molecule has 1 unspecified atom stereocenters. The highest BCUT2D eigenvalue weighted by atomic mass is 19.1. The molecule has 1 aromatic rings. The zero-order valence-electron chi connectivity index (χ0n) is 17.5. The minimum Gasteiger partial charge on any atom is -0.487 e. The molecule has 1 fully saturated rings. The van der Waals surface area contributed by atoms with Gasteiger partial charge in [-0.1, -0.05) is 46.0 Å². The maximum Gasteiger partial charge on any atom is 0.338 e. The summed E-state index contributed by atoms with van der Waals surface area (Å²) in [6.45, 7) is 4.34. The fraction of sp³-hybridized carbons (Fsp3) is 0.708. The number of benzene rings is 1. The van der Waals surface area contributed by atoms with Crippen LogP contribution in [0.2, 0.25) is 0 Å². The highest BCUT2D eigenvalue weighted by molar-refractivity contribution is 5.90. The summed E-state index contributed by atoms with van der Waals surface area (Å²) in [7, 11) is 0. The van der Waals surface area contributed by atoms with Crippen LogP contribution >= 0.6 is 0 Å². The first-order valence-electron chi connectivity index (χ1n) is 11.3. The van der Waals surface area contributed by atoms with Gasteiger partial charge in [0.1, 0.15) is 6.10 Å². The summed E-state index contributed by atoms with van der Waals surface area (Å²) < 4.78 is 26.1. The van der Waals surface area contributed by atoms with E-state index in [1.54, 1.807) is 6.07 Å². The Balaban J connectivity index is 1.54. The molecule has 1 aliphatic heterocycles. The molecule has 0 N–H and O–H groups in total. The van der Waals surface area contributed by atoms with E-state index in [9.17, 15) is 9.18 Å². The lowest BCUT2D eigenvalue weighted by molar-refractivity contribution is 0.0160. The number of rotatable bonds is 8. The fourth-order valence-electron chi connectivity index (χ4n) is 4.59. The quantitative estimate of drug-likeness (QED) is 0.370. The van der Waals surface area contributed by atoms with E-state index in [2.05, 4.69) is 13.8 Å². The van der Waals surface area contributed by atoms with Gasteiger partial charge in [0, 0.05) is 0 Å². The number of halogens is 1. The SMILES string of the molecule is CCCCCC1CCC(OC(=O)c2cc(F)c3c(c2)CCC(CCC)O3)CC1. The number of ether oxygens (including phenoxy) is 2.